The van der Waals surface area contributed by atoms with Crippen LogP contribution in [0, 0.1) is 0 Å². The lowest BCUT2D eigenvalue weighted by Crippen LogP contribution is -2.29. The molecule has 2 aromatic rings. The van der Waals surface area contributed by atoms with Gasteiger partial charge in [-0.1, -0.05) is 35.5 Å². The van der Waals surface area contributed by atoms with E-state index in [-0.39, 0.29) is 17.0 Å². The van der Waals surface area contributed by atoms with Crippen molar-refractivity contribution >= 4 is 5.84 Å². The van der Waals surface area contributed by atoms with Crippen LogP contribution in [0.2, 0.25) is 0 Å². The van der Waals surface area contributed by atoms with Crippen molar-refractivity contribution in [2.24, 2.45) is 10.9 Å². The Morgan fingerprint density at radius 3 is 2.62 bits per heavy atom. The molecule has 5 heteroatoms. The van der Waals surface area contributed by atoms with Gasteiger partial charge in [-0.3, -0.25) is 4.79 Å². The Bertz CT molecular complexity index is 663. The smallest absolute Gasteiger partial charge is 0.261 e. The highest BCUT2D eigenvalue weighted by Gasteiger charge is 2.07. The zero-order chi connectivity index (χ0) is 15.1. The predicted molar refractivity (Wildman–Crippen MR) is 82.6 cm³/mol. The molecule has 110 valence electrons. The van der Waals surface area contributed by atoms with Gasteiger partial charge in [0.25, 0.3) is 5.56 Å². The van der Waals surface area contributed by atoms with Crippen LogP contribution in [0.4, 0.5) is 0 Å². The summed E-state index contributed by atoms with van der Waals surface area (Å²) in [6.45, 7) is 0.623. The summed E-state index contributed by atoms with van der Waals surface area (Å²) in [4.78, 5) is 12.1. The SMILES string of the molecule is N/C(=N/O)c1cccn(CCCCc2ccccc2)c1=O. The molecule has 0 spiro atoms. The number of benzene rings is 1. The minimum atomic E-state index is -0.229. The number of hydrogen-bond acceptors (Lipinski definition) is 3. The Morgan fingerprint density at radius 1 is 1.14 bits per heavy atom. The zero-order valence-electron chi connectivity index (χ0n) is 11.8. The van der Waals surface area contributed by atoms with E-state index in [4.69, 9.17) is 10.9 Å². The number of nitrogens with zero attached hydrogens (tertiary/aromatic N) is 2. The number of rotatable bonds is 6. The number of amidine groups is 1. The van der Waals surface area contributed by atoms with E-state index in [0.717, 1.165) is 19.3 Å². The van der Waals surface area contributed by atoms with Crippen molar-refractivity contribution in [2.75, 3.05) is 0 Å². The molecular formula is C16H19N3O2. The fourth-order valence-electron chi connectivity index (χ4n) is 2.22. The van der Waals surface area contributed by atoms with Crippen LogP contribution in [0.15, 0.2) is 58.6 Å². The van der Waals surface area contributed by atoms with Crippen LogP contribution in [0.1, 0.15) is 24.0 Å². The van der Waals surface area contributed by atoms with Gasteiger partial charge in [0, 0.05) is 12.7 Å². The molecule has 0 amide bonds. The number of hydrogen-bond donors (Lipinski definition) is 2. The van der Waals surface area contributed by atoms with E-state index < -0.39 is 0 Å². The normalized spacial score (nSPS) is 11.5. The van der Waals surface area contributed by atoms with E-state index in [1.54, 1.807) is 22.9 Å². The first kappa shape index (κ1) is 14.8. The molecule has 1 aromatic carbocycles. The van der Waals surface area contributed by atoms with E-state index in [0.29, 0.717) is 6.54 Å². The number of oxime groups is 1. The van der Waals surface area contributed by atoms with Gasteiger partial charge in [-0.25, -0.2) is 0 Å². The molecule has 0 bridgehead atoms. The molecule has 0 atom stereocenters. The molecule has 0 saturated heterocycles. The molecule has 5 nitrogen and oxygen atoms in total. The van der Waals surface area contributed by atoms with Gasteiger partial charge >= 0.3 is 0 Å². The van der Waals surface area contributed by atoms with Gasteiger partial charge in [-0.05, 0) is 37.0 Å². The Kier molecular flexibility index (Phi) is 5.15. The zero-order valence-corrected chi connectivity index (χ0v) is 11.8. The predicted octanol–water partition coefficient (Wildman–Crippen LogP) is 1.97. The van der Waals surface area contributed by atoms with E-state index in [9.17, 15) is 4.79 Å². The second-order valence-corrected chi connectivity index (χ2v) is 4.85. The average molecular weight is 285 g/mol. The Labute approximate surface area is 123 Å². The highest BCUT2D eigenvalue weighted by molar-refractivity contribution is 5.96. The first-order valence-electron chi connectivity index (χ1n) is 6.93. The van der Waals surface area contributed by atoms with Gasteiger partial charge < -0.3 is 15.5 Å². The molecule has 21 heavy (non-hydrogen) atoms. The molecule has 0 fully saturated rings. The minimum absolute atomic E-state index is 0.154. The van der Waals surface area contributed by atoms with Gasteiger partial charge in [0.2, 0.25) is 0 Å². The molecule has 1 aromatic heterocycles. The first-order chi connectivity index (χ1) is 10.2. The van der Waals surface area contributed by atoms with E-state index in [2.05, 4.69) is 17.3 Å². The van der Waals surface area contributed by atoms with Gasteiger partial charge in [0.05, 0.1) is 5.56 Å². The number of pyridine rings is 1. The van der Waals surface area contributed by atoms with Crippen molar-refractivity contribution in [1.82, 2.24) is 4.57 Å². The molecule has 0 unspecified atom stereocenters. The maximum absolute atomic E-state index is 12.1. The number of aryl methyl sites for hydroxylation is 2. The lowest BCUT2D eigenvalue weighted by atomic mass is 10.1. The van der Waals surface area contributed by atoms with Crippen molar-refractivity contribution in [1.29, 1.82) is 0 Å². The average Bonchev–Trinajstić information content (AvgIpc) is 2.53. The summed E-state index contributed by atoms with van der Waals surface area (Å²) in [6.07, 6.45) is 4.62. The van der Waals surface area contributed by atoms with Crippen molar-refractivity contribution in [2.45, 2.75) is 25.8 Å². The van der Waals surface area contributed by atoms with Gasteiger partial charge in [-0.15, -0.1) is 0 Å². The second kappa shape index (κ2) is 7.28. The fourth-order valence-corrected chi connectivity index (χ4v) is 2.22. The van der Waals surface area contributed by atoms with Crippen LogP contribution in [-0.4, -0.2) is 15.6 Å². The quantitative estimate of drug-likeness (QED) is 0.280. The maximum Gasteiger partial charge on any atom is 0.261 e. The Balaban J connectivity index is 1.93. The summed E-state index contributed by atoms with van der Waals surface area (Å²) in [7, 11) is 0. The Morgan fingerprint density at radius 2 is 1.90 bits per heavy atom. The first-order valence-corrected chi connectivity index (χ1v) is 6.93. The molecule has 1 heterocycles. The fraction of sp³-hybridized carbons (Fsp3) is 0.250. The summed E-state index contributed by atoms with van der Waals surface area (Å²) >= 11 is 0. The molecule has 0 radical (unpaired) electrons. The van der Waals surface area contributed by atoms with Crippen molar-refractivity contribution in [3.05, 3.63) is 70.1 Å². The van der Waals surface area contributed by atoms with E-state index in [1.807, 2.05) is 18.2 Å². The topological polar surface area (TPSA) is 80.6 Å². The largest absolute Gasteiger partial charge is 0.409 e. The highest BCUT2D eigenvalue weighted by Crippen LogP contribution is 2.05. The molecule has 3 N–H and O–H groups in total. The van der Waals surface area contributed by atoms with Crippen LogP contribution in [-0.2, 0) is 13.0 Å². The third-order valence-corrected chi connectivity index (χ3v) is 3.36. The van der Waals surface area contributed by atoms with Crippen molar-refractivity contribution < 1.29 is 5.21 Å². The van der Waals surface area contributed by atoms with E-state index in [1.165, 1.54) is 5.56 Å². The third kappa shape index (κ3) is 3.95. The molecule has 0 saturated carbocycles. The third-order valence-electron chi connectivity index (χ3n) is 3.36. The molecule has 0 aliphatic heterocycles. The van der Waals surface area contributed by atoms with Crippen LogP contribution >= 0.6 is 0 Å². The van der Waals surface area contributed by atoms with Crippen molar-refractivity contribution in [3.8, 4) is 0 Å². The van der Waals surface area contributed by atoms with Gasteiger partial charge in [0.1, 0.15) is 0 Å². The van der Waals surface area contributed by atoms with Crippen LogP contribution in [0.5, 0.6) is 0 Å². The lowest BCUT2D eigenvalue weighted by molar-refractivity contribution is 0.318. The molecule has 0 aliphatic rings. The van der Waals surface area contributed by atoms with Crippen LogP contribution < -0.4 is 11.3 Å². The second-order valence-electron chi connectivity index (χ2n) is 4.85. The van der Waals surface area contributed by atoms with Crippen molar-refractivity contribution in [3.63, 3.8) is 0 Å². The highest BCUT2D eigenvalue weighted by atomic mass is 16.4. The summed E-state index contributed by atoms with van der Waals surface area (Å²) < 4.78 is 1.60. The van der Waals surface area contributed by atoms with Crippen LogP contribution in [0.25, 0.3) is 0 Å². The molecule has 2 rings (SSSR count). The minimum Gasteiger partial charge on any atom is -0.409 e. The monoisotopic (exact) mass is 285 g/mol. The number of aromatic nitrogens is 1. The Hall–Kier alpha value is -2.56. The number of nitrogens with two attached hydrogens (primary N) is 1. The van der Waals surface area contributed by atoms with E-state index >= 15 is 0 Å². The lowest BCUT2D eigenvalue weighted by Gasteiger charge is -2.07. The summed E-state index contributed by atoms with van der Waals surface area (Å²) in [6, 6.07) is 13.5. The maximum atomic E-state index is 12.1. The summed E-state index contributed by atoms with van der Waals surface area (Å²) in [5, 5.41) is 11.5. The standard InChI is InChI=1S/C16H19N3O2/c17-15(18-21)14-10-6-12-19(16(14)20)11-5-4-9-13-7-2-1-3-8-13/h1-3,6-8,10,12,21H,4-5,9,11H2,(H2,17,18). The molecular weight excluding hydrogens is 266 g/mol. The molecule has 0 aliphatic carbocycles. The van der Waals surface area contributed by atoms with Crippen LogP contribution in [0.3, 0.4) is 0 Å². The summed E-state index contributed by atoms with van der Waals surface area (Å²) in [5.74, 6) is -0.154. The number of unbranched alkanes of at least 4 members (excludes halogenated alkanes) is 1. The summed E-state index contributed by atoms with van der Waals surface area (Å²) in [5.41, 5.74) is 6.78. The van der Waals surface area contributed by atoms with Gasteiger partial charge in [0.15, 0.2) is 5.84 Å². The van der Waals surface area contributed by atoms with Gasteiger partial charge in [-0.2, -0.15) is 0 Å².